The number of hydrogen-bond acceptors (Lipinski definition) is 6. The van der Waals surface area contributed by atoms with E-state index < -0.39 is 0 Å². The number of nitrogens with two attached hydrogens (primary N) is 1. The Labute approximate surface area is 201 Å². The van der Waals surface area contributed by atoms with Crippen LogP contribution in [-0.2, 0) is 6.54 Å². The molecule has 0 saturated heterocycles. The molecule has 8 nitrogen and oxygen atoms in total. The Hall–Kier alpha value is -4.59. The summed E-state index contributed by atoms with van der Waals surface area (Å²) in [4.78, 5) is 23.1. The molecule has 0 unspecified atom stereocenters. The van der Waals surface area contributed by atoms with Crippen LogP contribution >= 0.6 is 0 Å². The van der Waals surface area contributed by atoms with Crippen molar-refractivity contribution in [2.75, 3.05) is 12.5 Å². The molecule has 6 rings (SSSR count). The normalized spacial score (nSPS) is 13.3. The fraction of sp³-hybridized carbons (Fsp3) is 0.148. The van der Waals surface area contributed by atoms with E-state index in [9.17, 15) is 4.79 Å². The molecular weight excluding hydrogens is 442 g/mol. The lowest BCUT2D eigenvalue weighted by Crippen LogP contribution is -2.24. The van der Waals surface area contributed by atoms with Gasteiger partial charge in [0.2, 0.25) is 6.79 Å². The summed E-state index contributed by atoms with van der Waals surface area (Å²) in [7, 11) is 0. The van der Waals surface area contributed by atoms with Crippen molar-refractivity contribution in [2.24, 2.45) is 0 Å². The van der Waals surface area contributed by atoms with Crippen LogP contribution in [0.25, 0.3) is 22.2 Å². The molecule has 0 bridgehead atoms. The maximum Gasteiger partial charge on any atom is 0.257 e. The van der Waals surface area contributed by atoms with E-state index in [0.717, 1.165) is 16.6 Å². The van der Waals surface area contributed by atoms with Gasteiger partial charge in [0.1, 0.15) is 16.9 Å². The van der Waals surface area contributed by atoms with Gasteiger partial charge >= 0.3 is 0 Å². The van der Waals surface area contributed by atoms with Crippen LogP contribution in [0.15, 0.2) is 72.8 Å². The number of rotatable bonds is 5. The van der Waals surface area contributed by atoms with Gasteiger partial charge in [0.15, 0.2) is 17.1 Å². The fourth-order valence-electron chi connectivity index (χ4n) is 4.50. The van der Waals surface area contributed by atoms with Crippen LogP contribution in [0.1, 0.15) is 34.5 Å². The Morgan fingerprint density at radius 3 is 2.51 bits per heavy atom. The minimum absolute atomic E-state index is 0.149. The van der Waals surface area contributed by atoms with Gasteiger partial charge in [0.05, 0.1) is 17.1 Å². The molecule has 0 radical (unpaired) electrons. The van der Waals surface area contributed by atoms with Crippen molar-refractivity contribution in [3.05, 3.63) is 89.5 Å². The number of aromatic nitrogens is 3. The van der Waals surface area contributed by atoms with Gasteiger partial charge in [-0.1, -0.05) is 48.5 Å². The van der Waals surface area contributed by atoms with Crippen molar-refractivity contribution in [2.45, 2.75) is 19.5 Å². The van der Waals surface area contributed by atoms with Gasteiger partial charge in [-0.25, -0.2) is 9.97 Å². The maximum atomic E-state index is 13.5. The molecule has 5 aromatic rings. The molecule has 174 valence electrons. The zero-order chi connectivity index (χ0) is 23.9. The number of nitrogens with one attached hydrogen (secondary N) is 1. The van der Waals surface area contributed by atoms with E-state index in [0.29, 0.717) is 46.1 Å². The van der Waals surface area contributed by atoms with Crippen molar-refractivity contribution in [1.82, 2.24) is 19.9 Å². The summed E-state index contributed by atoms with van der Waals surface area (Å²) in [6, 6.07) is 23.0. The van der Waals surface area contributed by atoms with Crippen LogP contribution < -0.4 is 20.5 Å². The summed E-state index contributed by atoms with van der Waals surface area (Å²) in [5.41, 5.74) is 11.4. The second-order valence-electron chi connectivity index (χ2n) is 8.47. The molecule has 1 aliphatic heterocycles. The predicted octanol–water partition coefficient (Wildman–Crippen LogP) is 4.43. The van der Waals surface area contributed by atoms with Crippen LogP contribution in [0.3, 0.4) is 0 Å². The number of para-hydroxylation sites is 2. The average molecular weight is 466 g/mol. The number of nitrogens with zero attached hydrogens (tertiary/aromatic N) is 3. The molecule has 3 N–H and O–H groups in total. The molecule has 0 fully saturated rings. The Kier molecular flexibility index (Phi) is 4.99. The highest BCUT2D eigenvalue weighted by molar-refractivity contribution is 6.10. The molecular formula is C27H23N5O3. The highest BCUT2D eigenvalue weighted by atomic mass is 16.7. The number of carbonyl (C=O) groups excluding carboxylic acids is 1. The molecule has 35 heavy (non-hydrogen) atoms. The van der Waals surface area contributed by atoms with Crippen molar-refractivity contribution in [3.8, 4) is 11.5 Å². The van der Waals surface area contributed by atoms with Crippen molar-refractivity contribution < 1.29 is 14.3 Å². The summed E-state index contributed by atoms with van der Waals surface area (Å²) < 4.78 is 12.7. The van der Waals surface area contributed by atoms with E-state index in [1.807, 2.05) is 84.3 Å². The van der Waals surface area contributed by atoms with Gasteiger partial charge in [-0.05, 0) is 42.3 Å². The fourth-order valence-corrected chi connectivity index (χ4v) is 4.50. The first-order valence-corrected chi connectivity index (χ1v) is 11.4. The first-order chi connectivity index (χ1) is 17.1. The minimum atomic E-state index is -0.311. The van der Waals surface area contributed by atoms with Gasteiger partial charge in [0, 0.05) is 6.54 Å². The standard InChI is InChI=1S/C27H23N5O3/c1-16(18-7-3-2-4-8-18)32-25(28)23(24-26(32)31-20-10-6-5-9-19(20)30-24)27(33)29-14-17-11-12-21-22(13-17)35-15-34-21/h2-13,16H,14-15,28H2,1H3,(H,29,33)/t16-/m0/s1. The lowest BCUT2D eigenvalue weighted by molar-refractivity contribution is 0.0953. The topological polar surface area (TPSA) is 104 Å². The number of benzene rings is 3. The van der Waals surface area contributed by atoms with Crippen molar-refractivity contribution >= 4 is 33.9 Å². The molecule has 1 aliphatic rings. The monoisotopic (exact) mass is 465 g/mol. The van der Waals surface area contributed by atoms with Crippen LogP contribution in [0.4, 0.5) is 5.82 Å². The largest absolute Gasteiger partial charge is 0.454 e. The first kappa shape index (κ1) is 21.0. The highest BCUT2D eigenvalue weighted by Gasteiger charge is 2.27. The summed E-state index contributed by atoms with van der Waals surface area (Å²) >= 11 is 0. The van der Waals surface area contributed by atoms with E-state index in [2.05, 4.69) is 5.32 Å². The number of anilines is 1. The molecule has 1 atom stereocenters. The number of nitrogen functional groups attached to an aromatic ring is 1. The number of amides is 1. The minimum Gasteiger partial charge on any atom is -0.454 e. The molecule has 3 aromatic carbocycles. The van der Waals surface area contributed by atoms with Gasteiger partial charge in [-0.2, -0.15) is 0 Å². The molecule has 8 heteroatoms. The maximum absolute atomic E-state index is 13.5. The highest BCUT2D eigenvalue weighted by Crippen LogP contribution is 2.34. The van der Waals surface area contributed by atoms with Gasteiger partial charge in [-0.3, -0.25) is 4.79 Å². The molecule has 1 amide bonds. The summed E-state index contributed by atoms with van der Waals surface area (Å²) in [5, 5.41) is 2.98. The van der Waals surface area contributed by atoms with Crippen molar-refractivity contribution in [3.63, 3.8) is 0 Å². The van der Waals surface area contributed by atoms with Gasteiger partial charge in [0.25, 0.3) is 5.91 Å². The van der Waals surface area contributed by atoms with Gasteiger partial charge in [-0.15, -0.1) is 0 Å². The second kappa shape index (κ2) is 8.32. The quantitative estimate of drug-likeness (QED) is 0.398. The molecule has 0 aliphatic carbocycles. The molecule has 0 spiro atoms. The van der Waals surface area contributed by atoms with Crippen molar-refractivity contribution in [1.29, 1.82) is 0 Å². The second-order valence-corrected chi connectivity index (χ2v) is 8.47. The van der Waals surface area contributed by atoms with Crippen LogP contribution in [0.5, 0.6) is 11.5 Å². The Morgan fingerprint density at radius 1 is 1.00 bits per heavy atom. The summed E-state index contributed by atoms with van der Waals surface area (Å²) in [6.45, 7) is 2.54. The summed E-state index contributed by atoms with van der Waals surface area (Å²) in [6.07, 6.45) is 0. The molecule has 0 saturated carbocycles. The predicted molar refractivity (Wildman–Crippen MR) is 133 cm³/mol. The molecule has 3 heterocycles. The lowest BCUT2D eigenvalue weighted by Gasteiger charge is -2.17. The van der Waals surface area contributed by atoms with E-state index >= 15 is 0 Å². The average Bonchev–Trinajstić information content (AvgIpc) is 3.47. The number of fused-ring (bicyclic) bond motifs is 3. The van der Waals surface area contributed by atoms with E-state index in [1.54, 1.807) is 0 Å². The third-order valence-corrected chi connectivity index (χ3v) is 6.32. The Morgan fingerprint density at radius 2 is 1.71 bits per heavy atom. The third-order valence-electron chi connectivity index (χ3n) is 6.32. The number of hydrogen-bond donors (Lipinski definition) is 2. The SMILES string of the molecule is C[C@@H](c1ccccc1)n1c(N)c(C(=O)NCc2ccc3c(c2)OCO3)c2nc3ccccc3nc21. The molecule has 2 aromatic heterocycles. The number of ether oxygens (including phenoxy) is 2. The number of carbonyl (C=O) groups is 1. The van der Waals surface area contributed by atoms with Gasteiger partial charge < -0.3 is 25.1 Å². The third kappa shape index (κ3) is 3.59. The zero-order valence-corrected chi connectivity index (χ0v) is 19.1. The van der Waals surface area contributed by atoms with Crippen LogP contribution in [0.2, 0.25) is 0 Å². The van der Waals surface area contributed by atoms with E-state index in [4.69, 9.17) is 25.2 Å². The van der Waals surface area contributed by atoms with Crippen LogP contribution in [-0.4, -0.2) is 27.2 Å². The van der Waals surface area contributed by atoms with E-state index in [1.165, 1.54) is 0 Å². The Bertz CT molecular complexity index is 1580. The smallest absolute Gasteiger partial charge is 0.257 e. The Balaban J connectivity index is 1.42. The first-order valence-electron chi connectivity index (χ1n) is 11.4. The van der Waals surface area contributed by atoms with E-state index in [-0.39, 0.29) is 18.7 Å². The summed E-state index contributed by atoms with van der Waals surface area (Å²) in [5.74, 6) is 1.38. The zero-order valence-electron chi connectivity index (χ0n) is 19.1. The van der Waals surface area contributed by atoms with Crippen LogP contribution in [0, 0.1) is 0 Å². The lowest BCUT2D eigenvalue weighted by atomic mass is 10.1.